The average Bonchev–Trinajstić information content (AvgIpc) is 2.56. The summed E-state index contributed by atoms with van der Waals surface area (Å²) in [6.45, 7) is 6.68. The molecule has 1 saturated heterocycles. The molecule has 5 heteroatoms. The molecule has 1 fully saturated rings. The van der Waals surface area contributed by atoms with Crippen molar-refractivity contribution in [1.82, 2.24) is 10.2 Å². The normalized spacial score (nSPS) is 25.2. The maximum absolute atomic E-state index is 11.8. The minimum absolute atomic E-state index is 0.132. The summed E-state index contributed by atoms with van der Waals surface area (Å²) in [4.78, 5) is 13.7. The number of rotatable bonds is 5. The van der Waals surface area contributed by atoms with Crippen molar-refractivity contribution in [2.24, 2.45) is 5.92 Å². The van der Waals surface area contributed by atoms with E-state index in [9.17, 15) is 9.00 Å². The number of amides is 1. The van der Waals surface area contributed by atoms with Crippen LogP contribution in [0.1, 0.15) is 27.2 Å². The Hall–Kier alpha value is -0.420. The van der Waals surface area contributed by atoms with Gasteiger partial charge in [-0.3, -0.25) is 14.3 Å². The van der Waals surface area contributed by atoms with Gasteiger partial charge in [-0.05, 0) is 19.3 Å². The van der Waals surface area contributed by atoms with Gasteiger partial charge in [0, 0.05) is 28.9 Å². The Balaban J connectivity index is 2.60. The van der Waals surface area contributed by atoms with Gasteiger partial charge >= 0.3 is 0 Å². The summed E-state index contributed by atoms with van der Waals surface area (Å²) in [6.07, 6.45) is 2.64. The molecule has 0 bridgehead atoms. The Labute approximate surface area is 100 Å². The van der Waals surface area contributed by atoms with Gasteiger partial charge in [-0.15, -0.1) is 0 Å². The third kappa shape index (κ3) is 3.28. The Morgan fingerprint density at radius 2 is 2.12 bits per heavy atom. The molecule has 0 aromatic heterocycles. The van der Waals surface area contributed by atoms with Gasteiger partial charge in [0.25, 0.3) is 0 Å². The summed E-state index contributed by atoms with van der Waals surface area (Å²) in [6, 6.07) is 0.166. The van der Waals surface area contributed by atoms with E-state index >= 15 is 0 Å². The van der Waals surface area contributed by atoms with Crippen LogP contribution in [0.15, 0.2) is 0 Å². The molecule has 3 atom stereocenters. The largest absolute Gasteiger partial charge is 0.323 e. The van der Waals surface area contributed by atoms with Gasteiger partial charge in [0.2, 0.25) is 5.91 Å². The summed E-state index contributed by atoms with van der Waals surface area (Å²) in [7, 11) is -0.778. The fraction of sp³-hybridized carbons (Fsp3) is 0.909. The molecule has 0 spiro atoms. The monoisotopic (exact) mass is 246 g/mol. The standard InChI is InChI=1S/C11H22N2O2S/c1-8(2)11-12-7-10(14)13(11)9(3)5-6-16(4)15/h8-9,11-12H,5-7H2,1-4H3. The number of nitrogens with one attached hydrogen (secondary N) is 1. The Bertz CT molecular complexity index is 281. The van der Waals surface area contributed by atoms with Crippen LogP contribution in [0.2, 0.25) is 0 Å². The molecule has 1 aliphatic heterocycles. The third-order valence-corrected chi connectivity index (χ3v) is 3.79. The maximum atomic E-state index is 11.8. The van der Waals surface area contributed by atoms with Crippen LogP contribution in [-0.4, -0.2) is 45.8 Å². The van der Waals surface area contributed by atoms with Crippen molar-refractivity contribution in [2.45, 2.75) is 39.4 Å². The van der Waals surface area contributed by atoms with E-state index in [2.05, 4.69) is 19.2 Å². The Morgan fingerprint density at radius 1 is 1.50 bits per heavy atom. The van der Waals surface area contributed by atoms with Crippen LogP contribution in [0.25, 0.3) is 0 Å². The maximum Gasteiger partial charge on any atom is 0.238 e. The van der Waals surface area contributed by atoms with Gasteiger partial charge in [0.1, 0.15) is 0 Å². The summed E-state index contributed by atoms with van der Waals surface area (Å²) >= 11 is 0. The molecule has 3 unspecified atom stereocenters. The molecule has 0 aliphatic carbocycles. The van der Waals surface area contributed by atoms with Crippen LogP contribution in [0.4, 0.5) is 0 Å². The van der Waals surface area contributed by atoms with E-state index in [1.54, 1.807) is 6.26 Å². The van der Waals surface area contributed by atoms with Crippen LogP contribution < -0.4 is 5.32 Å². The molecule has 1 rings (SSSR count). The van der Waals surface area contributed by atoms with E-state index in [1.165, 1.54) is 0 Å². The van der Waals surface area contributed by atoms with Crippen LogP contribution in [0.5, 0.6) is 0 Å². The van der Waals surface area contributed by atoms with Crippen LogP contribution in [0.3, 0.4) is 0 Å². The molecular weight excluding hydrogens is 224 g/mol. The number of carbonyl (C=O) groups excluding carboxylic acids is 1. The number of hydrogen-bond donors (Lipinski definition) is 1. The fourth-order valence-corrected chi connectivity index (χ4v) is 2.76. The summed E-state index contributed by atoms with van der Waals surface area (Å²) in [5.74, 6) is 1.23. The first kappa shape index (κ1) is 13.6. The average molecular weight is 246 g/mol. The van der Waals surface area contributed by atoms with Crippen molar-refractivity contribution in [2.75, 3.05) is 18.6 Å². The zero-order chi connectivity index (χ0) is 12.3. The van der Waals surface area contributed by atoms with Gasteiger partial charge in [-0.25, -0.2) is 0 Å². The van der Waals surface area contributed by atoms with Gasteiger partial charge < -0.3 is 4.90 Å². The lowest BCUT2D eigenvalue weighted by Crippen LogP contribution is -2.46. The van der Waals surface area contributed by atoms with Gasteiger partial charge in [-0.2, -0.15) is 0 Å². The highest BCUT2D eigenvalue weighted by molar-refractivity contribution is 7.84. The van der Waals surface area contributed by atoms with Gasteiger partial charge in [0.15, 0.2) is 0 Å². The molecule has 0 aromatic rings. The lowest BCUT2D eigenvalue weighted by atomic mass is 10.1. The lowest BCUT2D eigenvalue weighted by molar-refractivity contribution is -0.130. The molecule has 16 heavy (non-hydrogen) atoms. The first-order valence-corrected chi connectivity index (χ1v) is 7.50. The molecule has 1 amide bonds. The van der Waals surface area contributed by atoms with E-state index in [1.807, 2.05) is 11.8 Å². The van der Waals surface area contributed by atoms with E-state index in [0.717, 1.165) is 6.42 Å². The van der Waals surface area contributed by atoms with Crippen molar-refractivity contribution < 1.29 is 9.00 Å². The first-order valence-electron chi connectivity index (χ1n) is 5.78. The highest BCUT2D eigenvalue weighted by Gasteiger charge is 2.35. The topological polar surface area (TPSA) is 49.4 Å². The molecule has 0 aromatic carbocycles. The predicted molar refractivity (Wildman–Crippen MR) is 66.5 cm³/mol. The number of hydrogen-bond acceptors (Lipinski definition) is 3. The molecule has 1 aliphatic rings. The van der Waals surface area contributed by atoms with Crippen molar-refractivity contribution >= 4 is 16.7 Å². The minimum Gasteiger partial charge on any atom is -0.323 e. The molecule has 0 radical (unpaired) electrons. The van der Waals surface area contributed by atoms with E-state index in [4.69, 9.17) is 0 Å². The van der Waals surface area contributed by atoms with E-state index in [0.29, 0.717) is 18.2 Å². The number of nitrogens with zero attached hydrogens (tertiary/aromatic N) is 1. The molecule has 94 valence electrons. The zero-order valence-corrected chi connectivity index (χ0v) is 11.3. The van der Waals surface area contributed by atoms with E-state index < -0.39 is 10.8 Å². The van der Waals surface area contributed by atoms with Crippen molar-refractivity contribution in [3.8, 4) is 0 Å². The van der Waals surface area contributed by atoms with E-state index in [-0.39, 0.29) is 18.1 Å². The molecular formula is C11H22N2O2S. The number of carbonyl (C=O) groups is 1. The van der Waals surface area contributed by atoms with Gasteiger partial charge in [-0.1, -0.05) is 13.8 Å². The second kappa shape index (κ2) is 5.77. The summed E-state index contributed by atoms with van der Waals surface area (Å²) in [5, 5.41) is 3.22. The Morgan fingerprint density at radius 3 is 2.62 bits per heavy atom. The van der Waals surface area contributed by atoms with Gasteiger partial charge in [0.05, 0.1) is 12.7 Å². The predicted octanol–water partition coefficient (Wildman–Crippen LogP) is 0.557. The molecule has 4 nitrogen and oxygen atoms in total. The lowest BCUT2D eigenvalue weighted by Gasteiger charge is -2.32. The van der Waals surface area contributed by atoms with Crippen LogP contribution in [-0.2, 0) is 15.6 Å². The molecule has 1 N–H and O–H groups in total. The highest BCUT2D eigenvalue weighted by atomic mass is 32.2. The third-order valence-electron chi connectivity index (χ3n) is 2.98. The summed E-state index contributed by atoms with van der Waals surface area (Å²) < 4.78 is 11.1. The van der Waals surface area contributed by atoms with Crippen LogP contribution >= 0.6 is 0 Å². The minimum atomic E-state index is -0.778. The van der Waals surface area contributed by atoms with Crippen LogP contribution in [0, 0.1) is 5.92 Å². The second-order valence-electron chi connectivity index (χ2n) is 4.79. The fourth-order valence-electron chi connectivity index (χ4n) is 2.09. The molecule has 1 heterocycles. The van der Waals surface area contributed by atoms with Crippen molar-refractivity contribution in [3.63, 3.8) is 0 Å². The smallest absolute Gasteiger partial charge is 0.238 e. The zero-order valence-electron chi connectivity index (χ0n) is 10.5. The summed E-state index contributed by atoms with van der Waals surface area (Å²) in [5.41, 5.74) is 0. The second-order valence-corrected chi connectivity index (χ2v) is 6.34. The molecule has 0 saturated carbocycles. The highest BCUT2D eigenvalue weighted by Crippen LogP contribution is 2.18. The van der Waals surface area contributed by atoms with Crippen molar-refractivity contribution in [1.29, 1.82) is 0 Å². The SMILES string of the molecule is CC(C)C1NCC(=O)N1C(C)CCS(C)=O. The quantitative estimate of drug-likeness (QED) is 0.771. The Kier molecular flexibility index (Phi) is 4.92. The van der Waals surface area contributed by atoms with Crippen molar-refractivity contribution in [3.05, 3.63) is 0 Å². The first-order chi connectivity index (χ1) is 7.43.